The minimum absolute atomic E-state index is 0. The van der Waals surface area contributed by atoms with Gasteiger partial charge < -0.3 is 29.1 Å². The molecule has 1 N–H and O–H groups in total. The molecule has 0 aromatic carbocycles. The normalized spacial score (nSPS) is 11.8. The Morgan fingerprint density at radius 2 is 1.70 bits per heavy atom. The van der Waals surface area contributed by atoms with Gasteiger partial charge >= 0.3 is 0 Å². The molecular weight excluding hydrogens is 241 g/mol. The molecule has 1 aromatic heterocycles. The summed E-state index contributed by atoms with van der Waals surface area (Å²) in [6.45, 7) is 1.72. The second-order valence-corrected chi connectivity index (χ2v) is 1.95. The highest BCUT2D eigenvalue weighted by Crippen LogP contribution is 1.84. The lowest BCUT2D eigenvalue weighted by molar-refractivity contribution is -0.755. The van der Waals surface area contributed by atoms with Crippen LogP contribution in [0.4, 0.5) is 0 Å². The fourth-order valence-electron chi connectivity index (χ4n) is 0.661. The van der Waals surface area contributed by atoms with Gasteiger partial charge in [-0.05, 0) is 0 Å². The topological polar surface area (TPSA) is 24.1 Å². The van der Waals surface area contributed by atoms with E-state index >= 15 is 0 Å². The largest absolute Gasteiger partial charge is 1.00 e. The van der Waals surface area contributed by atoms with Crippen molar-refractivity contribution in [3.8, 4) is 0 Å². The highest BCUT2D eigenvalue weighted by atomic mass is 127. The van der Waals surface area contributed by atoms with Crippen LogP contribution in [0.3, 0.4) is 0 Å². The van der Waals surface area contributed by atoms with Crippen molar-refractivity contribution in [2.75, 3.05) is 0 Å². The zero-order valence-corrected chi connectivity index (χ0v) is 7.89. The molecule has 1 atom stereocenters. The van der Waals surface area contributed by atoms with Crippen LogP contribution in [0.15, 0.2) is 30.6 Å². The van der Waals surface area contributed by atoms with E-state index < -0.39 is 6.23 Å². The van der Waals surface area contributed by atoms with Crippen LogP contribution in [0.25, 0.3) is 0 Å². The molecule has 56 valence electrons. The summed E-state index contributed by atoms with van der Waals surface area (Å²) in [4.78, 5) is 0. The van der Waals surface area contributed by atoms with Crippen LogP contribution in [-0.4, -0.2) is 5.11 Å². The van der Waals surface area contributed by atoms with Gasteiger partial charge in [0.25, 0.3) is 6.23 Å². The van der Waals surface area contributed by atoms with Gasteiger partial charge in [0.2, 0.25) is 0 Å². The van der Waals surface area contributed by atoms with Gasteiger partial charge in [0.15, 0.2) is 12.4 Å². The first kappa shape index (κ1) is 9.84. The summed E-state index contributed by atoms with van der Waals surface area (Å²) in [5, 5.41) is 8.99. The smallest absolute Gasteiger partial charge is 0.257 e. The Bertz CT molecular complexity index is 176. The maximum absolute atomic E-state index is 8.99. The van der Waals surface area contributed by atoms with Crippen LogP contribution in [0.5, 0.6) is 0 Å². The minimum Gasteiger partial charge on any atom is -1.00 e. The molecule has 0 bridgehead atoms. The maximum atomic E-state index is 8.99. The van der Waals surface area contributed by atoms with Crippen molar-refractivity contribution < 1.29 is 33.7 Å². The SMILES string of the molecule is CC(O)[n+]1ccccc1.[I-]. The Morgan fingerprint density at radius 1 is 1.20 bits per heavy atom. The molecule has 0 aliphatic heterocycles. The number of aliphatic hydroxyl groups is 1. The van der Waals surface area contributed by atoms with Gasteiger partial charge in [-0.15, -0.1) is 0 Å². The highest BCUT2D eigenvalue weighted by molar-refractivity contribution is 4.83. The standard InChI is InChI=1S/C7H10NO.HI/c1-7(9)8-5-3-2-4-6-8;/h2-7,9H,1H3;1H/q+1;/p-1. The van der Waals surface area contributed by atoms with E-state index in [0.29, 0.717) is 0 Å². The Labute approximate surface area is 77.5 Å². The monoisotopic (exact) mass is 251 g/mol. The molecule has 0 fully saturated rings. The van der Waals surface area contributed by atoms with E-state index in [-0.39, 0.29) is 24.0 Å². The maximum Gasteiger partial charge on any atom is 0.257 e. The Balaban J connectivity index is 0.000000810. The summed E-state index contributed by atoms with van der Waals surface area (Å²) in [5.74, 6) is 0. The van der Waals surface area contributed by atoms with Crippen molar-refractivity contribution in [2.45, 2.75) is 13.2 Å². The summed E-state index contributed by atoms with van der Waals surface area (Å²) in [5.41, 5.74) is 0. The lowest BCUT2D eigenvalue weighted by Crippen LogP contribution is -3.00. The number of hydrogen-bond donors (Lipinski definition) is 1. The van der Waals surface area contributed by atoms with E-state index in [9.17, 15) is 0 Å². The second-order valence-electron chi connectivity index (χ2n) is 1.95. The van der Waals surface area contributed by atoms with Crippen molar-refractivity contribution >= 4 is 0 Å². The van der Waals surface area contributed by atoms with Gasteiger partial charge in [-0.25, -0.2) is 0 Å². The molecular formula is C7H10INO. The molecule has 1 heterocycles. The molecule has 0 aliphatic carbocycles. The van der Waals surface area contributed by atoms with Crippen LogP contribution in [0.1, 0.15) is 13.2 Å². The van der Waals surface area contributed by atoms with Crippen molar-refractivity contribution in [1.82, 2.24) is 0 Å². The summed E-state index contributed by atoms with van der Waals surface area (Å²) < 4.78 is 1.72. The molecule has 0 saturated carbocycles. The third kappa shape index (κ3) is 2.62. The van der Waals surface area contributed by atoms with Crippen LogP contribution in [-0.2, 0) is 0 Å². The van der Waals surface area contributed by atoms with Crippen molar-refractivity contribution in [3.63, 3.8) is 0 Å². The first-order valence-corrected chi connectivity index (χ1v) is 2.94. The van der Waals surface area contributed by atoms with Crippen molar-refractivity contribution in [3.05, 3.63) is 30.6 Å². The van der Waals surface area contributed by atoms with Crippen LogP contribution in [0, 0.1) is 0 Å². The predicted molar refractivity (Wildman–Crippen MR) is 33.6 cm³/mol. The van der Waals surface area contributed by atoms with E-state index in [1.807, 2.05) is 30.6 Å². The van der Waals surface area contributed by atoms with Gasteiger partial charge in [0.1, 0.15) is 0 Å². The first-order valence-electron chi connectivity index (χ1n) is 2.94. The third-order valence-corrected chi connectivity index (χ3v) is 1.17. The summed E-state index contributed by atoms with van der Waals surface area (Å²) >= 11 is 0. The van der Waals surface area contributed by atoms with Crippen molar-refractivity contribution in [1.29, 1.82) is 0 Å². The first-order chi connectivity index (χ1) is 4.30. The minimum atomic E-state index is -0.425. The molecule has 1 rings (SSSR count). The number of hydrogen-bond acceptors (Lipinski definition) is 1. The molecule has 0 amide bonds. The zero-order valence-electron chi connectivity index (χ0n) is 5.74. The van der Waals surface area contributed by atoms with Gasteiger partial charge in [-0.3, -0.25) is 0 Å². The lowest BCUT2D eigenvalue weighted by Gasteiger charge is -1.95. The third-order valence-electron chi connectivity index (χ3n) is 1.17. The molecule has 0 aliphatic rings. The van der Waals surface area contributed by atoms with E-state index in [4.69, 9.17) is 5.11 Å². The van der Waals surface area contributed by atoms with E-state index in [2.05, 4.69) is 0 Å². The van der Waals surface area contributed by atoms with Crippen LogP contribution in [0.2, 0.25) is 0 Å². The Hall–Kier alpha value is -0.160. The van der Waals surface area contributed by atoms with E-state index in [1.54, 1.807) is 11.5 Å². The Kier molecular flexibility index (Phi) is 4.55. The number of aromatic nitrogens is 1. The molecule has 0 spiro atoms. The van der Waals surface area contributed by atoms with E-state index in [0.717, 1.165) is 0 Å². The fourth-order valence-corrected chi connectivity index (χ4v) is 0.661. The van der Waals surface area contributed by atoms with Gasteiger partial charge in [-0.2, -0.15) is 4.57 Å². The summed E-state index contributed by atoms with van der Waals surface area (Å²) in [7, 11) is 0. The molecule has 1 unspecified atom stereocenters. The van der Waals surface area contributed by atoms with Crippen LogP contribution < -0.4 is 28.5 Å². The molecule has 1 aromatic rings. The molecule has 0 radical (unpaired) electrons. The van der Waals surface area contributed by atoms with Gasteiger partial charge in [-0.1, -0.05) is 6.07 Å². The number of rotatable bonds is 1. The Morgan fingerprint density at radius 3 is 2.00 bits per heavy atom. The fraction of sp³-hybridized carbons (Fsp3) is 0.286. The number of nitrogens with zero attached hydrogens (tertiary/aromatic N) is 1. The highest BCUT2D eigenvalue weighted by Gasteiger charge is 2.02. The van der Waals surface area contributed by atoms with Crippen molar-refractivity contribution in [2.24, 2.45) is 0 Å². The van der Waals surface area contributed by atoms with Crippen LogP contribution >= 0.6 is 0 Å². The molecule has 3 heteroatoms. The molecule has 0 saturated heterocycles. The molecule has 2 nitrogen and oxygen atoms in total. The zero-order chi connectivity index (χ0) is 6.69. The average molecular weight is 251 g/mol. The molecule has 10 heavy (non-hydrogen) atoms. The lowest BCUT2D eigenvalue weighted by atomic mass is 10.5. The van der Waals surface area contributed by atoms with Gasteiger partial charge in [0.05, 0.1) is 0 Å². The number of aliphatic hydroxyl groups excluding tert-OH is 1. The second kappa shape index (κ2) is 4.62. The van der Waals surface area contributed by atoms with Gasteiger partial charge in [0, 0.05) is 19.1 Å². The number of pyridine rings is 1. The average Bonchev–Trinajstić information content (AvgIpc) is 1.90. The van der Waals surface area contributed by atoms with E-state index in [1.165, 1.54) is 0 Å². The summed E-state index contributed by atoms with van der Waals surface area (Å²) in [6.07, 6.45) is 3.22. The predicted octanol–water partition coefficient (Wildman–Crippen LogP) is -2.51. The quantitative estimate of drug-likeness (QED) is 0.432. The summed E-state index contributed by atoms with van der Waals surface area (Å²) in [6, 6.07) is 5.68. The number of halogens is 1.